The van der Waals surface area contributed by atoms with E-state index in [-0.39, 0.29) is 11.3 Å². The summed E-state index contributed by atoms with van der Waals surface area (Å²) >= 11 is 1.39. The molecular formula is C26H26N2O5S. The Bertz CT molecular complexity index is 1330. The molecule has 3 aliphatic rings. The Morgan fingerprint density at radius 2 is 1.91 bits per heavy atom. The highest BCUT2D eigenvalue weighted by Gasteiger charge is 2.28. The van der Waals surface area contributed by atoms with Gasteiger partial charge in [-0.2, -0.15) is 0 Å². The highest BCUT2D eigenvalue weighted by Crippen LogP contribution is 2.40. The molecule has 176 valence electrons. The SMILES string of the molecule is O=C(C1=CCCCC1)N1CCOc2ccc(-c3csc4c(=O)cc(N5CCOCC5)oc34)cc21. The Morgan fingerprint density at radius 1 is 1.03 bits per heavy atom. The van der Waals surface area contributed by atoms with Crippen LogP contribution in [-0.4, -0.2) is 45.4 Å². The van der Waals surface area contributed by atoms with Crippen molar-refractivity contribution >= 4 is 39.1 Å². The lowest BCUT2D eigenvalue weighted by molar-refractivity contribution is -0.115. The number of nitrogens with zero attached hydrogens (tertiary/aromatic N) is 2. The minimum atomic E-state index is -0.0404. The van der Waals surface area contributed by atoms with E-state index in [0.717, 1.165) is 48.1 Å². The molecule has 2 aromatic heterocycles. The molecule has 0 radical (unpaired) electrons. The molecule has 6 rings (SSSR count). The minimum absolute atomic E-state index is 0.0404. The molecule has 0 spiro atoms. The van der Waals surface area contributed by atoms with Gasteiger partial charge in [0.05, 0.1) is 25.4 Å². The van der Waals surface area contributed by atoms with Crippen LogP contribution in [0.25, 0.3) is 21.4 Å². The van der Waals surface area contributed by atoms with Gasteiger partial charge in [0.25, 0.3) is 5.91 Å². The van der Waals surface area contributed by atoms with Crippen LogP contribution in [0.15, 0.2) is 50.5 Å². The maximum atomic E-state index is 13.3. The summed E-state index contributed by atoms with van der Waals surface area (Å²) in [7, 11) is 0. The number of carbonyl (C=O) groups excluding carboxylic acids is 1. The molecule has 0 saturated carbocycles. The fraction of sp³-hybridized carbons (Fsp3) is 0.385. The standard InChI is InChI=1S/C26H26N2O5S/c29-21-15-23(27-8-11-31-12-9-27)33-24-19(16-34-25(21)24)18-6-7-22-20(14-18)28(10-13-32-22)26(30)17-4-2-1-3-5-17/h4,6-7,14-16H,1-3,5,8-13H2. The topological polar surface area (TPSA) is 72.2 Å². The molecule has 0 unspecified atom stereocenters. The summed E-state index contributed by atoms with van der Waals surface area (Å²) in [4.78, 5) is 30.1. The van der Waals surface area contributed by atoms with Crippen LogP contribution in [0, 0.1) is 0 Å². The summed E-state index contributed by atoms with van der Waals surface area (Å²) in [6.45, 7) is 3.61. The van der Waals surface area contributed by atoms with Crippen LogP contribution in [0.5, 0.6) is 5.75 Å². The molecule has 0 atom stereocenters. The molecule has 0 N–H and O–H groups in total. The van der Waals surface area contributed by atoms with E-state index in [1.807, 2.05) is 33.4 Å². The average molecular weight is 479 g/mol. The second-order valence-corrected chi connectivity index (χ2v) is 9.70. The maximum absolute atomic E-state index is 13.3. The van der Waals surface area contributed by atoms with E-state index in [2.05, 4.69) is 6.08 Å². The summed E-state index contributed by atoms with van der Waals surface area (Å²) < 4.78 is 18.2. The van der Waals surface area contributed by atoms with Crippen molar-refractivity contribution in [2.24, 2.45) is 0 Å². The van der Waals surface area contributed by atoms with E-state index >= 15 is 0 Å². The molecule has 3 aromatic rings. The summed E-state index contributed by atoms with van der Waals surface area (Å²) in [6.07, 6.45) is 6.07. The first-order chi connectivity index (χ1) is 16.7. The zero-order chi connectivity index (χ0) is 23.1. The zero-order valence-corrected chi connectivity index (χ0v) is 19.7. The van der Waals surface area contributed by atoms with Crippen LogP contribution in [0.4, 0.5) is 11.6 Å². The predicted molar refractivity (Wildman–Crippen MR) is 133 cm³/mol. The number of amides is 1. The number of rotatable bonds is 3. The Morgan fingerprint density at radius 3 is 2.74 bits per heavy atom. The Kier molecular flexibility index (Phi) is 5.63. The number of benzene rings is 1. The second-order valence-electron chi connectivity index (χ2n) is 8.82. The average Bonchev–Trinajstić information content (AvgIpc) is 3.33. The first-order valence-electron chi connectivity index (χ1n) is 11.9. The third-order valence-electron chi connectivity index (χ3n) is 6.70. The summed E-state index contributed by atoms with van der Waals surface area (Å²) in [5.41, 5.74) is 3.96. The van der Waals surface area contributed by atoms with Gasteiger partial charge in [-0.25, -0.2) is 0 Å². The van der Waals surface area contributed by atoms with Crippen LogP contribution in [0.2, 0.25) is 0 Å². The molecular weight excluding hydrogens is 452 g/mol. The molecule has 0 bridgehead atoms. The quantitative estimate of drug-likeness (QED) is 0.549. The smallest absolute Gasteiger partial charge is 0.254 e. The highest BCUT2D eigenvalue weighted by molar-refractivity contribution is 7.17. The van der Waals surface area contributed by atoms with Crippen molar-refractivity contribution in [3.8, 4) is 16.9 Å². The Labute approximate surface area is 201 Å². The normalized spacial score (nSPS) is 18.4. The number of anilines is 2. The lowest BCUT2D eigenvalue weighted by Crippen LogP contribution is -2.39. The summed E-state index contributed by atoms with van der Waals surface area (Å²) in [6, 6.07) is 7.44. The zero-order valence-electron chi connectivity index (χ0n) is 18.9. The number of hydrogen-bond donors (Lipinski definition) is 0. The van der Waals surface area contributed by atoms with Crippen molar-refractivity contribution in [3.63, 3.8) is 0 Å². The molecule has 1 aliphatic carbocycles. The minimum Gasteiger partial charge on any atom is -0.490 e. The lowest BCUT2D eigenvalue weighted by atomic mass is 9.98. The molecule has 34 heavy (non-hydrogen) atoms. The number of morpholine rings is 1. The van der Waals surface area contributed by atoms with E-state index in [9.17, 15) is 9.59 Å². The number of thiophene rings is 1. The van der Waals surface area contributed by atoms with Gasteiger partial charge in [0.1, 0.15) is 17.1 Å². The summed E-state index contributed by atoms with van der Waals surface area (Å²) in [5, 5.41) is 1.96. The van der Waals surface area contributed by atoms with Crippen molar-refractivity contribution in [3.05, 3.63) is 51.5 Å². The van der Waals surface area contributed by atoms with Crippen LogP contribution < -0.4 is 20.0 Å². The first kappa shape index (κ1) is 21.4. The van der Waals surface area contributed by atoms with Gasteiger partial charge in [-0.1, -0.05) is 12.1 Å². The van der Waals surface area contributed by atoms with Crippen molar-refractivity contribution in [2.45, 2.75) is 25.7 Å². The number of ether oxygens (including phenoxy) is 2. The highest BCUT2D eigenvalue weighted by atomic mass is 32.1. The number of allylic oxidation sites excluding steroid dienone is 1. The predicted octanol–water partition coefficient (Wildman–Crippen LogP) is 4.58. The van der Waals surface area contributed by atoms with Gasteiger partial charge in [-0.3, -0.25) is 9.59 Å². The van der Waals surface area contributed by atoms with Crippen LogP contribution in [-0.2, 0) is 9.53 Å². The number of carbonyl (C=O) groups is 1. The molecule has 1 amide bonds. The Balaban J connectivity index is 1.40. The van der Waals surface area contributed by atoms with Crippen molar-refractivity contribution in [1.82, 2.24) is 0 Å². The van der Waals surface area contributed by atoms with E-state index in [0.29, 0.717) is 61.4 Å². The van der Waals surface area contributed by atoms with Crippen molar-refractivity contribution in [2.75, 3.05) is 49.3 Å². The molecule has 7 nitrogen and oxygen atoms in total. The monoisotopic (exact) mass is 478 g/mol. The van der Waals surface area contributed by atoms with E-state index < -0.39 is 0 Å². The van der Waals surface area contributed by atoms with Crippen LogP contribution in [0.1, 0.15) is 25.7 Å². The second kappa shape index (κ2) is 8.92. The summed E-state index contributed by atoms with van der Waals surface area (Å²) in [5.74, 6) is 1.34. The van der Waals surface area contributed by atoms with E-state index in [1.165, 1.54) is 11.3 Å². The van der Waals surface area contributed by atoms with Gasteiger partial charge in [0, 0.05) is 35.7 Å². The van der Waals surface area contributed by atoms with Gasteiger partial charge >= 0.3 is 0 Å². The van der Waals surface area contributed by atoms with Gasteiger partial charge in [0.2, 0.25) is 5.43 Å². The lowest BCUT2D eigenvalue weighted by Gasteiger charge is -2.31. The third-order valence-corrected chi connectivity index (χ3v) is 7.67. The Hall–Kier alpha value is -3.10. The van der Waals surface area contributed by atoms with Crippen molar-refractivity contribution in [1.29, 1.82) is 0 Å². The van der Waals surface area contributed by atoms with E-state index in [4.69, 9.17) is 13.9 Å². The number of fused-ring (bicyclic) bond motifs is 2. The molecule has 8 heteroatoms. The number of hydrogen-bond acceptors (Lipinski definition) is 7. The molecule has 4 heterocycles. The fourth-order valence-electron chi connectivity index (χ4n) is 4.87. The first-order valence-corrected chi connectivity index (χ1v) is 12.7. The van der Waals surface area contributed by atoms with E-state index in [1.54, 1.807) is 6.07 Å². The molecule has 1 fully saturated rings. The molecule has 1 saturated heterocycles. The van der Waals surface area contributed by atoms with Gasteiger partial charge in [-0.15, -0.1) is 11.3 Å². The fourth-order valence-corrected chi connectivity index (χ4v) is 5.78. The third kappa shape index (κ3) is 3.80. The van der Waals surface area contributed by atoms with Gasteiger partial charge in [-0.05, 0) is 43.4 Å². The van der Waals surface area contributed by atoms with Crippen molar-refractivity contribution < 1.29 is 18.7 Å². The van der Waals surface area contributed by atoms with Gasteiger partial charge in [0.15, 0.2) is 11.5 Å². The van der Waals surface area contributed by atoms with Gasteiger partial charge < -0.3 is 23.7 Å². The van der Waals surface area contributed by atoms with Crippen LogP contribution in [0.3, 0.4) is 0 Å². The maximum Gasteiger partial charge on any atom is 0.254 e. The largest absolute Gasteiger partial charge is 0.490 e. The molecule has 1 aromatic carbocycles. The molecule has 2 aliphatic heterocycles. The van der Waals surface area contributed by atoms with Crippen LogP contribution >= 0.6 is 11.3 Å².